The molecule has 0 aliphatic heterocycles. The topological polar surface area (TPSA) is 94.4 Å². The van der Waals surface area contributed by atoms with Gasteiger partial charge in [-0.15, -0.1) is 0 Å². The molecule has 0 heterocycles. The number of ether oxygens (including phenoxy) is 2. The van der Waals surface area contributed by atoms with E-state index in [1.807, 2.05) is 0 Å². The summed E-state index contributed by atoms with van der Waals surface area (Å²) in [4.78, 5) is 25.5. The van der Waals surface area contributed by atoms with E-state index < -0.39 is 5.97 Å². The van der Waals surface area contributed by atoms with Gasteiger partial charge in [-0.1, -0.05) is 0 Å². The van der Waals surface area contributed by atoms with Crippen molar-refractivity contribution in [1.29, 1.82) is 0 Å². The zero-order valence-electron chi connectivity index (χ0n) is 9.09. The van der Waals surface area contributed by atoms with E-state index in [0.29, 0.717) is 0 Å². The second-order valence-corrected chi connectivity index (χ2v) is 2.76. The number of benzene rings is 1. The first-order valence-electron chi connectivity index (χ1n) is 4.38. The molecule has 0 bridgehead atoms. The fourth-order valence-corrected chi connectivity index (χ4v) is 1.22. The molecule has 0 aliphatic carbocycles. The van der Waals surface area contributed by atoms with E-state index in [4.69, 9.17) is 14.6 Å². The van der Waals surface area contributed by atoms with Crippen molar-refractivity contribution in [2.75, 3.05) is 14.2 Å². The molecule has 0 amide bonds. The molecule has 0 spiro atoms. The second kappa shape index (κ2) is 5.53. The molecule has 90 valence electrons. The summed E-state index contributed by atoms with van der Waals surface area (Å²) in [7, 11) is 2.69. The maximum atomic E-state index is 10.9. The molecule has 1 aromatic rings. The Morgan fingerprint density at radius 2 is 2.00 bits per heavy atom. The summed E-state index contributed by atoms with van der Waals surface area (Å²) in [6, 6.07) is 2.65. The molecule has 0 unspecified atom stereocenters. The van der Waals surface area contributed by atoms with Crippen LogP contribution in [0.15, 0.2) is 17.3 Å². The lowest BCUT2D eigenvalue weighted by Gasteiger charge is -2.11. The van der Waals surface area contributed by atoms with Crippen molar-refractivity contribution < 1.29 is 29.0 Å². The van der Waals surface area contributed by atoms with Gasteiger partial charge in [0.15, 0.2) is 5.75 Å². The largest absolute Gasteiger partial charge is 0.493 e. The van der Waals surface area contributed by atoms with Crippen molar-refractivity contribution in [3.8, 4) is 17.2 Å². The summed E-state index contributed by atoms with van der Waals surface area (Å²) < 4.78 is 9.91. The molecule has 7 nitrogen and oxygen atoms in total. The molecule has 0 aromatic heterocycles. The summed E-state index contributed by atoms with van der Waals surface area (Å²) in [6.45, 7) is 0. The van der Waals surface area contributed by atoms with Crippen molar-refractivity contribution in [3.63, 3.8) is 0 Å². The molecule has 0 fully saturated rings. The summed E-state index contributed by atoms with van der Waals surface area (Å²) in [5.74, 6) is -1.18. The van der Waals surface area contributed by atoms with E-state index in [1.54, 1.807) is 0 Å². The van der Waals surface area contributed by atoms with Crippen LogP contribution in [-0.4, -0.2) is 31.4 Å². The van der Waals surface area contributed by atoms with Gasteiger partial charge in [-0.3, -0.25) is 0 Å². The van der Waals surface area contributed by atoms with Crippen LogP contribution in [0, 0.1) is 0 Å². The SMILES string of the molecule is COc1ccc(C(=O)O)c(ON=C=O)c1OC. The van der Waals surface area contributed by atoms with E-state index in [2.05, 4.69) is 9.99 Å². The lowest BCUT2D eigenvalue weighted by molar-refractivity contribution is 0.0691. The predicted octanol–water partition coefficient (Wildman–Crippen LogP) is 1.03. The van der Waals surface area contributed by atoms with Crippen LogP contribution in [-0.2, 0) is 4.79 Å². The van der Waals surface area contributed by atoms with Gasteiger partial charge in [0, 0.05) is 5.16 Å². The van der Waals surface area contributed by atoms with Crippen LogP contribution in [0.5, 0.6) is 17.2 Å². The van der Waals surface area contributed by atoms with Crippen molar-refractivity contribution in [1.82, 2.24) is 0 Å². The number of aromatic carboxylic acids is 1. The highest BCUT2D eigenvalue weighted by Gasteiger charge is 2.21. The number of rotatable bonds is 5. The normalized spacial score (nSPS) is 9.06. The number of nitrogens with zero attached hydrogens (tertiary/aromatic N) is 1. The lowest BCUT2D eigenvalue weighted by atomic mass is 10.1. The molecule has 0 saturated heterocycles. The van der Waals surface area contributed by atoms with E-state index in [0.717, 1.165) is 6.08 Å². The van der Waals surface area contributed by atoms with Crippen molar-refractivity contribution in [3.05, 3.63) is 17.7 Å². The average Bonchev–Trinajstić information content (AvgIpc) is 2.34. The number of carboxylic acid groups (broad SMARTS) is 1. The van der Waals surface area contributed by atoms with E-state index in [9.17, 15) is 9.59 Å². The predicted molar refractivity (Wildman–Crippen MR) is 55.3 cm³/mol. The first kappa shape index (κ1) is 12.5. The molecular weight excluding hydrogens is 230 g/mol. The van der Waals surface area contributed by atoms with Crippen molar-refractivity contribution >= 4 is 12.0 Å². The molecule has 7 heteroatoms. The standard InChI is InChI=1S/C10H9NO6/c1-15-7-4-3-6(10(13)14)8(9(7)16-2)17-11-5-12/h3-4H,1-2H3,(H,13,14). The van der Waals surface area contributed by atoms with Gasteiger partial charge >= 0.3 is 5.97 Å². The van der Waals surface area contributed by atoms with Gasteiger partial charge in [0.25, 0.3) is 6.08 Å². The number of carbonyl (C=O) groups excluding carboxylic acids is 1. The Hall–Kier alpha value is -2.53. The number of methoxy groups -OCH3 is 2. The third-order valence-corrected chi connectivity index (χ3v) is 1.90. The van der Waals surface area contributed by atoms with Crippen LogP contribution in [0.3, 0.4) is 0 Å². The van der Waals surface area contributed by atoms with Crippen molar-refractivity contribution in [2.45, 2.75) is 0 Å². The Morgan fingerprint density at radius 1 is 1.29 bits per heavy atom. The molecule has 1 aromatic carbocycles. The van der Waals surface area contributed by atoms with Gasteiger partial charge in [-0.05, 0) is 12.1 Å². The molecule has 1 rings (SSSR count). The highest BCUT2D eigenvalue weighted by molar-refractivity contribution is 5.92. The van der Waals surface area contributed by atoms with Gasteiger partial charge in [0.2, 0.25) is 11.5 Å². The molecule has 0 aliphatic rings. The molecule has 0 saturated carbocycles. The number of isocyanates is 1. The Bertz CT molecular complexity index is 478. The quantitative estimate of drug-likeness (QED) is 0.468. The van der Waals surface area contributed by atoms with Gasteiger partial charge < -0.3 is 19.4 Å². The number of carboxylic acids is 1. The van der Waals surface area contributed by atoms with Gasteiger partial charge in [-0.25, -0.2) is 9.59 Å². The minimum atomic E-state index is -1.25. The summed E-state index contributed by atoms with van der Waals surface area (Å²) >= 11 is 0. The zero-order chi connectivity index (χ0) is 12.8. The van der Waals surface area contributed by atoms with Gasteiger partial charge in [0.1, 0.15) is 5.56 Å². The molecule has 0 atom stereocenters. The molecule has 1 N–H and O–H groups in total. The van der Waals surface area contributed by atoms with Gasteiger partial charge in [-0.2, -0.15) is 0 Å². The fourth-order valence-electron chi connectivity index (χ4n) is 1.22. The minimum absolute atomic E-state index is 0.0337. The monoisotopic (exact) mass is 239 g/mol. The minimum Gasteiger partial charge on any atom is -0.493 e. The van der Waals surface area contributed by atoms with Crippen LogP contribution in [0.25, 0.3) is 0 Å². The molecular formula is C10H9NO6. The Morgan fingerprint density at radius 3 is 2.47 bits per heavy atom. The van der Waals surface area contributed by atoms with Crippen molar-refractivity contribution in [2.24, 2.45) is 5.16 Å². The van der Waals surface area contributed by atoms with E-state index >= 15 is 0 Å². The lowest BCUT2D eigenvalue weighted by Crippen LogP contribution is -2.03. The van der Waals surface area contributed by atoms with Crippen LogP contribution >= 0.6 is 0 Å². The number of hydrogen-bond acceptors (Lipinski definition) is 6. The number of hydrogen-bond donors (Lipinski definition) is 1. The Balaban J connectivity index is 3.43. The molecule has 0 radical (unpaired) electrons. The average molecular weight is 239 g/mol. The van der Waals surface area contributed by atoms with Crippen LogP contribution in [0.4, 0.5) is 0 Å². The van der Waals surface area contributed by atoms with Crippen LogP contribution < -0.4 is 14.3 Å². The summed E-state index contributed by atoms with van der Waals surface area (Å²) in [5, 5.41) is 11.8. The molecule has 17 heavy (non-hydrogen) atoms. The first-order chi connectivity index (χ1) is 8.15. The highest BCUT2D eigenvalue weighted by atomic mass is 16.6. The Labute approximate surface area is 96.2 Å². The highest BCUT2D eigenvalue weighted by Crippen LogP contribution is 2.39. The number of carbonyl (C=O) groups is 1. The fraction of sp³-hybridized carbons (Fsp3) is 0.200. The summed E-state index contributed by atoms with van der Waals surface area (Å²) in [5.41, 5.74) is -0.207. The second-order valence-electron chi connectivity index (χ2n) is 2.76. The smallest absolute Gasteiger partial charge is 0.339 e. The maximum Gasteiger partial charge on any atom is 0.339 e. The maximum absolute atomic E-state index is 10.9. The third-order valence-electron chi connectivity index (χ3n) is 1.90. The summed E-state index contributed by atoms with van der Waals surface area (Å²) in [6.07, 6.45) is 1.13. The zero-order valence-corrected chi connectivity index (χ0v) is 9.09. The van der Waals surface area contributed by atoms with Crippen LogP contribution in [0.1, 0.15) is 10.4 Å². The van der Waals surface area contributed by atoms with E-state index in [1.165, 1.54) is 26.4 Å². The Kier molecular flexibility index (Phi) is 4.08. The van der Waals surface area contributed by atoms with Gasteiger partial charge in [0.05, 0.1) is 14.2 Å². The van der Waals surface area contributed by atoms with E-state index in [-0.39, 0.29) is 22.8 Å². The first-order valence-corrected chi connectivity index (χ1v) is 4.38. The van der Waals surface area contributed by atoms with Crippen LogP contribution in [0.2, 0.25) is 0 Å². The third kappa shape index (κ3) is 2.53.